The van der Waals surface area contributed by atoms with Crippen LogP contribution in [0.4, 0.5) is 30.5 Å². The molecule has 3 N–H and O–H groups in total. The Labute approximate surface area is 194 Å². The molecule has 0 spiro atoms. The molecule has 9 heteroatoms. The Morgan fingerprint density at radius 2 is 1.71 bits per heavy atom. The number of nitrogen functional groups attached to an aromatic ring is 1. The molecule has 1 unspecified atom stereocenters. The lowest BCUT2D eigenvalue weighted by atomic mass is 9.98. The van der Waals surface area contributed by atoms with E-state index < -0.39 is 18.1 Å². The summed E-state index contributed by atoms with van der Waals surface area (Å²) in [4.78, 5) is 11.6. The first-order valence-electron chi connectivity index (χ1n) is 10.7. The SMILES string of the molecule is Cc1cc(N2CCN(c3cccc(C(F)(F)F)c3)C2O)ccc1-c1ccc2nc(N)ncc2c1. The Hall–Kier alpha value is -3.85. The zero-order valence-electron chi connectivity index (χ0n) is 18.3. The van der Waals surface area contributed by atoms with Crippen LogP contribution in [0.15, 0.2) is 66.9 Å². The molecule has 1 saturated heterocycles. The molecule has 0 saturated carbocycles. The quantitative estimate of drug-likeness (QED) is 0.452. The van der Waals surface area contributed by atoms with Crippen LogP contribution in [0.1, 0.15) is 11.1 Å². The molecule has 2 heterocycles. The molecular weight excluding hydrogens is 443 g/mol. The Morgan fingerprint density at radius 3 is 2.41 bits per heavy atom. The molecule has 6 nitrogen and oxygen atoms in total. The topological polar surface area (TPSA) is 78.5 Å². The van der Waals surface area contributed by atoms with E-state index in [1.54, 1.807) is 22.1 Å². The van der Waals surface area contributed by atoms with Crippen LogP contribution in [0.5, 0.6) is 0 Å². The van der Waals surface area contributed by atoms with Gasteiger partial charge in [0.15, 0.2) is 0 Å². The van der Waals surface area contributed by atoms with Gasteiger partial charge < -0.3 is 20.6 Å². The first kappa shape index (κ1) is 22.0. The molecule has 4 aromatic rings. The van der Waals surface area contributed by atoms with Crippen LogP contribution in [-0.2, 0) is 6.18 Å². The molecule has 0 amide bonds. The maximum Gasteiger partial charge on any atom is 0.416 e. The third kappa shape index (κ3) is 3.99. The van der Waals surface area contributed by atoms with Crippen LogP contribution in [-0.4, -0.2) is 34.5 Å². The fraction of sp³-hybridized carbons (Fsp3) is 0.200. The van der Waals surface area contributed by atoms with Gasteiger partial charge in [-0.2, -0.15) is 13.2 Å². The monoisotopic (exact) mass is 465 g/mol. The number of rotatable bonds is 3. The highest BCUT2D eigenvalue weighted by Gasteiger charge is 2.34. The van der Waals surface area contributed by atoms with Gasteiger partial charge in [0.25, 0.3) is 0 Å². The van der Waals surface area contributed by atoms with Crippen LogP contribution in [0.3, 0.4) is 0 Å². The molecule has 1 aliphatic rings. The van der Waals surface area contributed by atoms with Crippen molar-refractivity contribution < 1.29 is 18.3 Å². The van der Waals surface area contributed by atoms with Gasteiger partial charge in [0, 0.05) is 36.0 Å². The number of nitrogens with zero attached hydrogens (tertiary/aromatic N) is 4. The maximum absolute atomic E-state index is 13.1. The van der Waals surface area contributed by atoms with Gasteiger partial charge >= 0.3 is 6.18 Å². The highest BCUT2D eigenvalue weighted by atomic mass is 19.4. The summed E-state index contributed by atoms with van der Waals surface area (Å²) >= 11 is 0. The van der Waals surface area contributed by atoms with E-state index >= 15 is 0 Å². The van der Waals surface area contributed by atoms with E-state index in [2.05, 4.69) is 9.97 Å². The summed E-state index contributed by atoms with van der Waals surface area (Å²) in [6.07, 6.45) is -3.82. The molecule has 1 aliphatic heterocycles. The van der Waals surface area contributed by atoms with Crippen molar-refractivity contribution in [3.63, 3.8) is 0 Å². The van der Waals surface area contributed by atoms with Gasteiger partial charge in [0.1, 0.15) is 0 Å². The summed E-state index contributed by atoms with van der Waals surface area (Å²) in [5.41, 5.74) is 9.82. The highest BCUT2D eigenvalue weighted by Crippen LogP contribution is 2.35. The predicted molar refractivity (Wildman–Crippen MR) is 126 cm³/mol. The minimum absolute atomic E-state index is 0.226. The van der Waals surface area contributed by atoms with Crippen molar-refractivity contribution in [2.45, 2.75) is 19.5 Å². The molecule has 0 radical (unpaired) electrons. The summed E-state index contributed by atoms with van der Waals surface area (Å²) in [6, 6.07) is 16.7. The second-order valence-electron chi connectivity index (χ2n) is 8.28. The van der Waals surface area contributed by atoms with Crippen LogP contribution >= 0.6 is 0 Å². The van der Waals surface area contributed by atoms with Gasteiger partial charge in [-0.3, -0.25) is 0 Å². The van der Waals surface area contributed by atoms with E-state index in [1.165, 1.54) is 6.07 Å². The number of nitrogens with two attached hydrogens (primary N) is 1. The van der Waals surface area contributed by atoms with Crippen molar-refractivity contribution >= 4 is 28.2 Å². The average molecular weight is 465 g/mol. The molecule has 1 atom stereocenters. The summed E-state index contributed by atoms with van der Waals surface area (Å²) in [6.45, 7) is 2.86. The lowest BCUT2D eigenvalue weighted by molar-refractivity contribution is -0.137. The summed E-state index contributed by atoms with van der Waals surface area (Å²) in [5.74, 6) is 0.226. The van der Waals surface area contributed by atoms with Crippen molar-refractivity contribution in [3.05, 3.63) is 78.0 Å². The van der Waals surface area contributed by atoms with Crippen molar-refractivity contribution in [3.8, 4) is 11.1 Å². The standard InChI is InChI=1S/C25H22F3N5O/c1-15-11-20(6-7-21(15)16-5-8-22-17(12-16)14-30-23(29)31-22)33-10-9-32(24(33)34)19-4-2-3-18(13-19)25(26,27)28/h2-8,11-14,24,34H,9-10H2,1H3,(H2,29,30,31). The average Bonchev–Trinajstić information content (AvgIpc) is 3.19. The number of hydrogen-bond acceptors (Lipinski definition) is 6. The fourth-order valence-corrected chi connectivity index (χ4v) is 4.37. The predicted octanol–water partition coefficient (Wildman–Crippen LogP) is 4.81. The molecule has 3 aromatic carbocycles. The number of hydrogen-bond donors (Lipinski definition) is 2. The molecular formula is C25H22F3N5O. The molecule has 34 heavy (non-hydrogen) atoms. The molecule has 0 aliphatic carbocycles. The molecule has 0 bridgehead atoms. The maximum atomic E-state index is 13.1. The Bertz CT molecular complexity index is 1370. The van der Waals surface area contributed by atoms with E-state index in [1.807, 2.05) is 43.3 Å². The van der Waals surface area contributed by atoms with E-state index in [0.717, 1.165) is 45.4 Å². The fourth-order valence-electron chi connectivity index (χ4n) is 4.37. The van der Waals surface area contributed by atoms with Crippen molar-refractivity contribution in [2.75, 3.05) is 28.6 Å². The number of aliphatic hydroxyl groups excluding tert-OH is 1. The van der Waals surface area contributed by atoms with Crippen LogP contribution < -0.4 is 15.5 Å². The summed E-state index contributed by atoms with van der Waals surface area (Å²) in [5, 5.41) is 11.8. The zero-order chi connectivity index (χ0) is 24.0. The third-order valence-electron chi connectivity index (χ3n) is 6.10. The van der Waals surface area contributed by atoms with E-state index in [9.17, 15) is 18.3 Å². The molecule has 1 aromatic heterocycles. The first-order valence-corrected chi connectivity index (χ1v) is 10.7. The van der Waals surface area contributed by atoms with Gasteiger partial charge in [0.05, 0.1) is 11.1 Å². The number of benzene rings is 3. The van der Waals surface area contributed by atoms with Crippen LogP contribution in [0, 0.1) is 6.92 Å². The lowest BCUT2D eigenvalue weighted by Crippen LogP contribution is -2.38. The normalized spacial score (nSPS) is 16.4. The van der Waals surface area contributed by atoms with Gasteiger partial charge in [0.2, 0.25) is 12.3 Å². The van der Waals surface area contributed by atoms with Crippen LogP contribution in [0.2, 0.25) is 0 Å². The minimum atomic E-state index is -4.44. The second kappa shape index (κ2) is 8.18. The molecule has 5 rings (SSSR count). The lowest BCUT2D eigenvalue weighted by Gasteiger charge is -2.29. The van der Waals surface area contributed by atoms with Gasteiger partial charge in [-0.25, -0.2) is 9.97 Å². The van der Waals surface area contributed by atoms with Crippen molar-refractivity contribution in [2.24, 2.45) is 0 Å². The van der Waals surface area contributed by atoms with Gasteiger partial charge in [-0.1, -0.05) is 18.2 Å². The largest absolute Gasteiger partial charge is 0.416 e. The Kier molecular flexibility index (Phi) is 5.28. The number of halogens is 3. The second-order valence-corrected chi connectivity index (χ2v) is 8.28. The van der Waals surface area contributed by atoms with Crippen molar-refractivity contribution in [1.29, 1.82) is 0 Å². The minimum Gasteiger partial charge on any atom is -0.368 e. The first-order chi connectivity index (χ1) is 16.2. The molecule has 1 fully saturated rings. The van der Waals surface area contributed by atoms with Gasteiger partial charge in [-0.15, -0.1) is 0 Å². The van der Waals surface area contributed by atoms with Crippen LogP contribution in [0.25, 0.3) is 22.0 Å². The number of aryl methyl sites for hydroxylation is 1. The smallest absolute Gasteiger partial charge is 0.368 e. The number of aromatic nitrogens is 2. The number of fused-ring (bicyclic) bond motifs is 1. The number of aliphatic hydroxyl groups is 1. The van der Waals surface area contributed by atoms with E-state index in [0.29, 0.717) is 18.8 Å². The van der Waals surface area contributed by atoms with E-state index in [4.69, 9.17) is 5.73 Å². The Balaban J connectivity index is 1.40. The summed E-state index contributed by atoms with van der Waals surface area (Å²) in [7, 11) is 0. The molecule has 174 valence electrons. The van der Waals surface area contributed by atoms with Crippen molar-refractivity contribution in [1.82, 2.24) is 9.97 Å². The summed E-state index contributed by atoms with van der Waals surface area (Å²) < 4.78 is 39.3. The number of anilines is 3. The highest BCUT2D eigenvalue weighted by molar-refractivity contribution is 5.85. The van der Waals surface area contributed by atoms with E-state index in [-0.39, 0.29) is 5.95 Å². The number of alkyl halides is 3. The zero-order valence-corrected chi connectivity index (χ0v) is 18.3. The van der Waals surface area contributed by atoms with Gasteiger partial charge in [-0.05, 0) is 66.1 Å². The third-order valence-corrected chi connectivity index (χ3v) is 6.10. The Morgan fingerprint density at radius 1 is 0.971 bits per heavy atom.